The smallest absolute Gasteiger partial charge is 0.225 e. The highest BCUT2D eigenvalue weighted by atomic mass is 19.1. The van der Waals surface area contributed by atoms with Crippen LogP contribution in [0, 0.1) is 6.92 Å². The Hall–Kier alpha value is -1.53. The molecule has 0 N–H and O–H groups in total. The molecule has 0 aromatic carbocycles. The summed E-state index contributed by atoms with van der Waals surface area (Å²) < 4.78 is 24.1. The van der Waals surface area contributed by atoms with E-state index in [-0.39, 0.29) is 24.0 Å². The van der Waals surface area contributed by atoms with Crippen LogP contribution < -0.4 is 0 Å². The molecule has 5 nitrogen and oxygen atoms in total. The summed E-state index contributed by atoms with van der Waals surface area (Å²) in [4.78, 5) is 17.8. The first-order chi connectivity index (χ1) is 11.1. The average molecular weight is 322 g/mol. The minimum absolute atomic E-state index is 0.0327. The molecule has 0 aliphatic carbocycles. The number of nitrogens with zero attached hydrogens (tertiary/aromatic N) is 2. The van der Waals surface area contributed by atoms with Crippen LogP contribution in [0.3, 0.4) is 0 Å². The Labute approximate surface area is 135 Å². The molecular formula is C17H23FN2O3. The molecule has 0 bridgehead atoms. The molecule has 1 amide bonds. The summed E-state index contributed by atoms with van der Waals surface area (Å²) >= 11 is 0. The summed E-state index contributed by atoms with van der Waals surface area (Å²) in [6.07, 6.45) is 1.71. The number of halogens is 1. The number of carbonyl (C=O) groups excluding carboxylic acids is 1. The maximum absolute atomic E-state index is 12.2. The molecular weight excluding hydrogens is 299 g/mol. The first-order valence-electron chi connectivity index (χ1n) is 8.12. The minimum Gasteiger partial charge on any atom is -0.372 e. The lowest BCUT2D eigenvalue weighted by Gasteiger charge is -2.53. The van der Waals surface area contributed by atoms with Crippen molar-refractivity contribution in [2.24, 2.45) is 0 Å². The molecule has 1 aromatic heterocycles. The highest BCUT2D eigenvalue weighted by Crippen LogP contribution is 2.35. The lowest BCUT2D eigenvalue weighted by atomic mass is 9.84. The quantitative estimate of drug-likeness (QED) is 0.832. The van der Waals surface area contributed by atoms with E-state index in [2.05, 4.69) is 4.98 Å². The summed E-state index contributed by atoms with van der Waals surface area (Å²) in [5, 5.41) is 0. The molecule has 2 aliphatic rings. The number of carbonyl (C=O) groups is 1. The molecule has 126 valence electrons. The second-order valence-corrected chi connectivity index (χ2v) is 6.42. The van der Waals surface area contributed by atoms with Crippen molar-refractivity contribution in [1.29, 1.82) is 0 Å². The van der Waals surface area contributed by atoms with Gasteiger partial charge in [0.25, 0.3) is 0 Å². The fourth-order valence-electron chi connectivity index (χ4n) is 3.29. The predicted octanol–water partition coefficient (Wildman–Crippen LogP) is 2.03. The second-order valence-electron chi connectivity index (χ2n) is 6.42. The van der Waals surface area contributed by atoms with Gasteiger partial charge in [0.05, 0.1) is 44.6 Å². The molecule has 2 fully saturated rings. The van der Waals surface area contributed by atoms with Crippen LogP contribution in [0.25, 0.3) is 0 Å². The summed E-state index contributed by atoms with van der Waals surface area (Å²) in [7, 11) is 0. The van der Waals surface area contributed by atoms with E-state index in [9.17, 15) is 9.18 Å². The Balaban J connectivity index is 1.49. The Morgan fingerprint density at radius 2 is 2.35 bits per heavy atom. The number of likely N-dealkylation sites (tertiary alicyclic amines) is 1. The fourth-order valence-corrected chi connectivity index (χ4v) is 3.29. The lowest BCUT2D eigenvalue weighted by Crippen LogP contribution is -2.67. The lowest BCUT2D eigenvalue weighted by molar-refractivity contribution is -0.202. The molecule has 0 saturated carbocycles. The van der Waals surface area contributed by atoms with Gasteiger partial charge in [-0.1, -0.05) is 6.07 Å². The molecule has 1 unspecified atom stereocenters. The van der Waals surface area contributed by atoms with Gasteiger partial charge in [-0.3, -0.25) is 14.2 Å². The van der Waals surface area contributed by atoms with E-state index < -0.39 is 6.67 Å². The maximum atomic E-state index is 12.2. The van der Waals surface area contributed by atoms with Crippen molar-refractivity contribution in [3.63, 3.8) is 0 Å². The minimum atomic E-state index is -0.599. The zero-order valence-electron chi connectivity index (χ0n) is 13.5. The van der Waals surface area contributed by atoms with E-state index >= 15 is 0 Å². The Morgan fingerprint density at radius 3 is 3.09 bits per heavy atom. The molecule has 2 saturated heterocycles. The van der Waals surface area contributed by atoms with Crippen LogP contribution in [0.5, 0.6) is 0 Å². The number of ether oxygens (including phenoxy) is 2. The second kappa shape index (κ2) is 6.93. The fraction of sp³-hybridized carbons (Fsp3) is 0.647. The Bertz CT molecular complexity index is 561. The number of pyridine rings is 1. The predicted molar refractivity (Wildman–Crippen MR) is 82.6 cm³/mol. The van der Waals surface area contributed by atoms with Gasteiger partial charge in [0.15, 0.2) is 0 Å². The SMILES string of the molecule is Cc1cccc(COC2CCOC3(C2)CN(C(=O)CCF)C3)n1. The van der Waals surface area contributed by atoms with Gasteiger partial charge in [-0.05, 0) is 25.5 Å². The van der Waals surface area contributed by atoms with E-state index in [4.69, 9.17) is 9.47 Å². The standard InChI is InChI=1S/C17H23FN2O3/c1-13-3-2-4-14(19-13)10-22-15-6-8-23-17(9-15)11-20(12-17)16(21)5-7-18/h2-4,15H,5-12H2,1H3. The van der Waals surface area contributed by atoms with Crippen LogP contribution in [0.4, 0.5) is 4.39 Å². The number of alkyl halides is 1. The normalized spacial score (nSPS) is 22.9. The number of hydrogen-bond donors (Lipinski definition) is 0. The van der Waals surface area contributed by atoms with Crippen LogP contribution in [0.1, 0.15) is 30.7 Å². The molecule has 6 heteroatoms. The van der Waals surface area contributed by atoms with Crippen molar-refractivity contribution in [1.82, 2.24) is 9.88 Å². The first kappa shape index (κ1) is 16.3. The molecule has 23 heavy (non-hydrogen) atoms. The van der Waals surface area contributed by atoms with Crippen molar-refractivity contribution in [3.8, 4) is 0 Å². The summed E-state index contributed by atoms with van der Waals surface area (Å²) in [5.74, 6) is -0.131. The van der Waals surface area contributed by atoms with E-state index in [1.807, 2.05) is 25.1 Å². The van der Waals surface area contributed by atoms with E-state index in [1.165, 1.54) is 0 Å². The first-order valence-corrected chi connectivity index (χ1v) is 8.12. The largest absolute Gasteiger partial charge is 0.372 e. The monoisotopic (exact) mass is 322 g/mol. The topological polar surface area (TPSA) is 51.7 Å². The number of amides is 1. The van der Waals surface area contributed by atoms with Crippen LogP contribution in [-0.2, 0) is 20.9 Å². The zero-order valence-corrected chi connectivity index (χ0v) is 13.5. The molecule has 1 spiro atoms. The van der Waals surface area contributed by atoms with Crippen LogP contribution in [0.2, 0.25) is 0 Å². The summed E-state index contributed by atoms with van der Waals surface area (Å²) in [6, 6.07) is 5.90. The van der Waals surface area contributed by atoms with E-state index in [0.29, 0.717) is 26.3 Å². The van der Waals surface area contributed by atoms with Gasteiger partial charge in [0.2, 0.25) is 5.91 Å². The molecule has 3 rings (SSSR count). The van der Waals surface area contributed by atoms with Crippen molar-refractivity contribution in [2.75, 3.05) is 26.4 Å². The van der Waals surface area contributed by atoms with Gasteiger partial charge < -0.3 is 14.4 Å². The molecule has 3 heterocycles. The summed E-state index contributed by atoms with van der Waals surface area (Å²) in [6.45, 7) is 3.59. The van der Waals surface area contributed by atoms with Crippen LogP contribution in [-0.4, -0.2) is 53.9 Å². The molecule has 2 aliphatic heterocycles. The Morgan fingerprint density at radius 1 is 1.52 bits per heavy atom. The average Bonchev–Trinajstić information content (AvgIpc) is 2.51. The molecule has 1 atom stereocenters. The van der Waals surface area contributed by atoms with Crippen molar-refractivity contribution in [3.05, 3.63) is 29.6 Å². The number of hydrogen-bond acceptors (Lipinski definition) is 4. The van der Waals surface area contributed by atoms with Gasteiger partial charge >= 0.3 is 0 Å². The van der Waals surface area contributed by atoms with Gasteiger partial charge in [-0.15, -0.1) is 0 Å². The maximum Gasteiger partial charge on any atom is 0.225 e. The molecule has 1 aromatic rings. The van der Waals surface area contributed by atoms with Crippen LogP contribution in [0.15, 0.2) is 18.2 Å². The highest BCUT2D eigenvalue weighted by Gasteiger charge is 2.49. The van der Waals surface area contributed by atoms with E-state index in [1.54, 1.807) is 4.90 Å². The number of aryl methyl sites for hydroxylation is 1. The third kappa shape index (κ3) is 3.87. The van der Waals surface area contributed by atoms with Gasteiger partial charge in [0, 0.05) is 18.7 Å². The zero-order chi connectivity index (χ0) is 16.3. The van der Waals surface area contributed by atoms with Crippen molar-refractivity contribution < 1.29 is 18.7 Å². The van der Waals surface area contributed by atoms with Gasteiger partial charge in [-0.2, -0.15) is 0 Å². The Kier molecular flexibility index (Phi) is 4.92. The summed E-state index contributed by atoms with van der Waals surface area (Å²) in [5.41, 5.74) is 1.61. The number of rotatable bonds is 5. The van der Waals surface area contributed by atoms with Crippen molar-refractivity contribution >= 4 is 5.91 Å². The highest BCUT2D eigenvalue weighted by molar-refractivity contribution is 5.77. The third-order valence-electron chi connectivity index (χ3n) is 4.48. The van der Waals surface area contributed by atoms with E-state index in [0.717, 1.165) is 24.2 Å². The van der Waals surface area contributed by atoms with Crippen molar-refractivity contribution in [2.45, 2.75) is 44.5 Å². The third-order valence-corrected chi connectivity index (χ3v) is 4.48. The number of aromatic nitrogens is 1. The van der Waals surface area contributed by atoms with Gasteiger partial charge in [-0.25, -0.2) is 0 Å². The van der Waals surface area contributed by atoms with Crippen LogP contribution >= 0.6 is 0 Å². The van der Waals surface area contributed by atoms with Gasteiger partial charge in [0.1, 0.15) is 5.60 Å². The molecule has 0 radical (unpaired) electrons.